The zero-order chi connectivity index (χ0) is 13.8. The van der Waals surface area contributed by atoms with Crippen molar-refractivity contribution in [2.45, 2.75) is 13.0 Å². The SMILES string of the molecule is CC(CS(C)(=O)=O)NC(=O)c1cccc(NN)n1. The Bertz CT molecular complexity index is 530. The molecule has 1 aromatic rings. The average molecular weight is 272 g/mol. The van der Waals surface area contributed by atoms with E-state index in [2.05, 4.69) is 15.7 Å². The topological polar surface area (TPSA) is 114 Å². The van der Waals surface area contributed by atoms with E-state index < -0.39 is 21.8 Å². The lowest BCUT2D eigenvalue weighted by molar-refractivity contribution is 0.0939. The number of pyridine rings is 1. The van der Waals surface area contributed by atoms with Crippen LogP contribution in [-0.2, 0) is 9.84 Å². The number of hydrogen-bond donors (Lipinski definition) is 3. The Balaban J connectivity index is 2.70. The van der Waals surface area contributed by atoms with Gasteiger partial charge in [0.25, 0.3) is 5.91 Å². The van der Waals surface area contributed by atoms with Crippen LogP contribution in [0.5, 0.6) is 0 Å². The number of nitrogens with two attached hydrogens (primary N) is 1. The highest BCUT2D eigenvalue weighted by atomic mass is 32.2. The van der Waals surface area contributed by atoms with Gasteiger partial charge in [0.1, 0.15) is 21.3 Å². The summed E-state index contributed by atoms with van der Waals surface area (Å²) in [5, 5.41) is 2.55. The maximum Gasteiger partial charge on any atom is 0.270 e. The van der Waals surface area contributed by atoms with Crippen LogP contribution in [0.25, 0.3) is 0 Å². The number of anilines is 1. The molecule has 1 aromatic heterocycles. The van der Waals surface area contributed by atoms with Crippen LogP contribution < -0.4 is 16.6 Å². The lowest BCUT2D eigenvalue weighted by atomic mass is 10.3. The largest absolute Gasteiger partial charge is 0.347 e. The number of aromatic nitrogens is 1. The number of nitrogen functional groups attached to an aromatic ring is 1. The van der Waals surface area contributed by atoms with Crippen LogP contribution in [0, 0.1) is 0 Å². The van der Waals surface area contributed by atoms with Crippen molar-refractivity contribution in [3.05, 3.63) is 23.9 Å². The number of nitrogens with one attached hydrogen (secondary N) is 2. The number of hydrogen-bond acceptors (Lipinski definition) is 6. The van der Waals surface area contributed by atoms with Gasteiger partial charge in [-0.2, -0.15) is 0 Å². The third-order valence-corrected chi connectivity index (χ3v) is 3.17. The molecule has 7 nitrogen and oxygen atoms in total. The van der Waals surface area contributed by atoms with Crippen molar-refractivity contribution in [1.82, 2.24) is 10.3 Å². The molecular formula is C10H16N4O3S. The number of rotatable bonds is 5. The molecule has 0 saturated heterocycles. The van der Waals surface area contributed by atoms with Crippen LogP contribution >= 0.6 is 0 Å². The highest BCUT2D eigenvalue weighted by Crippen LogP contribution is 2.03. The van der Waals surface area contributed by atoms with E-state index in [1.165, 1.54) is 6.07 Å². The van der Waals surface area contributed by atoms with Gasteiger partial charge >= 0.3 is 0 Å². The van der Waals surface area contributed by atoms with E-state index in [4.69, 9.17) is 5.84 Å². The first-order valence-corrected chi connectivity index (χ1v) is 7.30. The first-order chi connectivity index (χ1) is 8.31. The smallest absolute Gasteiger partial charge is 0.270 e. The third kappa shape index (κ3) is 4.68. The van der Waals surface area contributed by atoms with E-state index in [1.54, 1.807) is 19.1 Å². The average Bonchev–Trinajstić information content (AvgIpc) is 2.26. The predicted octanol–water partition coefficient (Wildman–Crippen LogP) is -0.470. The van der Waals surface area contributed by atoms with Crippen LogP contribution in [-0.4, -0.2) is 37.4 Å². The van der Waals surface area contributed by atoms with E-state index in [0.717, 1.165) is 6.26 Å². The summed E-state index contributed by atoms with van der Waals surface area (Å²) in [4.78, 5) is 15.7. The maximum absolute atomic E-state index is 11.8. The molecule has 0 aliphatic rings. The van der Waals surface area contributed by atoms with Gasteiger partial charge in [0, 0.05) is 12.3 Å². The molecule has 1 rings (SSSR count). The normalized spacial score (nSPS) is 12.8. The molecule has 0 aliphatic carbocycles. The van der Waals surface area contributed by atoms with Crippen molar-refractivity contribution in [2.24, 2.45) is 5.84 Å². The summed E-state index contributed by atoms with van der Waals surface area (Å²) < 4.78 is 22.1. The number of amides is 1. The summed E-state index contributed by atoms with van der Waals surface area (Å²) in [5.74, 6) is 4.98. The molecule has 0 saturated carbocycles. The van der Waals surface area contributed by atoms with Crippen LogP contribution in [0.1, 0.15) is 17.4 Å². The van der Waals surface area contributed by atoms with E-state index >= 15 is 0 Å². The minimum Gasteiger partial charge on any atom is -0.347 e. The second-order valence-corrected chi connectivity index (χ2v) is 6.20. The van der Waals surface area contributed by atoms with Gasteiger partial charge in [-0.3, -0.25) is 4.79 Å². The predicted molar refractivity (Wildman–Crippen MR) is 68.7 cm³/mol. The van der Waals surface area contributed by atoms with Crippen molar-refractivity contribution in [3.63, 3.8) is 0 Å². The maximum atomic E-state index is 11.8. The summed E-state index contributed by atoms with van der Waals surface area (Å²) in [6.07, 6.45) is 1.12. The van der Waals surface area contributed by atoms with Gasteiger partial charge in [-0.05, 0) is 19.1 Å². The van der Waals surface area contributed by atoms with Gasteiger partial charge in [-0.1, -0.05) is 6.07 Å². The second kappa shape index (κ2) is 5.78. The van der Waals surface area contributed by atoms with Crippen molar-refractivity contribution in [1.29, 1.82) is 0 Å². The molecule has 0 spiro atoms. The highest BCUT2D eigenvalue weighted by molar-refractivity contribution is 7.90. The van der Waals surface area contributed by atoms with Gasteiger partial charge in [-0.15, -0.1) is 0 Å². The van der Waals surface area contributed by atoms with Crippen LogP contribution in [0.3, 0.4) is 0 Å². The molecular weight excluding hydrogens is 256 g/mol. The van der Waals surface area contributed by atoms with Crippen molar-refractivity contribution >= 4 is 21.6 Å². The standard InChI is InChI=1S/C10H16N4O3S/c1-7(6-18(2,16)17)12-10(15)8-4-3-5-9(13-8)14-11/h3-5,7H,6,11H2,1-2H3,(H,12,15)(H,13,14). The molecule has 1 amide bonds. The molecule has 0 aromatic carbocycles. The molecule has 18 heavy (non-hydrogen) atoms. The van der Waals surface area contributed by atoms with Gasteiger partial charge in [-0.25, -0.2) is 19.2 Å². The first kappa shape index (κ1) is 14.4. The Labute approximate surface area is 106 Å². The molecule has 100 valence electrons. The Hall–Kier alpha value is -1.67. The molecule has 1 unspecified atom stereocenters. The van der Waals surface area contributed by atoms with Gasteiger partial charge in [0.05, 0.1) is 5.75 Å². The minimum absolute atomic E-state index is 0.117. The van der Waals surface area contributed by atoms with Gasteiger partial charge in [0.2, 0.25) is 0 Å². The van der Waals surface area contributed by atoms with E-state index in [0.29, 0.717) is 5.82 Å². The summed E-state index contributed by atoms with van der Waals surface area (Å²) in [6.45, 7) is 1.62. The molecule has 8 heteroatoms. The summed E-state index contributed by atoms with van der Waals surface area (Å²) in [7, 11) is -3.13. The summed E-state index contributed by atoms with van der Waals surface area (Å²) in [6, 6.07) is 4.27. The number of carbonyl (C=O) groups excluding carboxylic acids is 1. The fraction of sp³-hybridized carbons (Fsp3) is 0.400. The zero-order valence-corrected chi connectivity index (χ0v) is 11.0. The highest BCUT2D eigenvalue weighted by Gasteiger charge is 2.15. The number of nitrogens with zero attached hydrogens (tertiary/aromatic N) is 1. The lowest BCUT2D eigenvalue weighted by Gasteiger charge is -2.12. The Kier molecular flexibility index (Phi) is 4.62. The van der Waals surface area contributed by atoms with Crippen molar-refractivity contribution in [3.8, 4) is 0 Å². The summed E-state index contributed by atoms with van der Waals surface area (Å²) in [5.41, 5.74) is 2.50. The Morgan fingerprint density at radius 3 is 2.72 bits per heavy atom. The minimum atomic E-state index is -3.13. The van der Waals surface area contributed by atoms with Crippen LogP contribution in [0.4, 0.5) is 5.82 Å². The molecule has 1 heterocycles. The summed E-state index contributed by atoms with van der Waals surface area (Å²) >= 11 is 0. The molecule has 0 radical (unpaired) electrons. The quantitative estimate of drug-likeness (QED) is 0.493. The van der Waals surface area contributed by atoms with Gasteiger partial charge in [0.15, 0.2) is 0 Å². The third-order valence-electron chi connectivity index (χ3n) is 2.06. The zero-order valence-electron chi connectivity index (χ0n) is 10.2. The number of hydrazine groups is 1. The monoisotopic (exact) mass is 272 g/mol. The molecule has 4 N–H and O–H groups in total. The first-order valence-electron chi connectivity index (χ1n) is 5.24. The second-order valence-electron chi connectivity index (χ2n) is 4.02. The molecule has 0 aliphatic heterocycles. The van der Waals surface area contributed by atoms with E-state index in [1.807, 2.05) is 0 Å². The van der Waals surface area contributed by atoms with Crippen LogP contribution in [0.15, 0.2) is 18.2 Å². The molecule has 0 bridgehead atoms. The lowest BCUT2D eigenvalue weighted by Crippen LogP contribution is -2.37. The molecule has 0 fully saturated rings. The fourth-order valence-electron chi connectivity index (χ4n) is 1.44. The number of carbonyl (C=O) groups is 1. The Morgan fingerprint density at radius 2 is 2.17 bits per heavy atom. The van der Waals surface area contributed by atoms with E-state index in [-0.39, 0.29) is 11.4 Å². The number of sulfone groups is 1. The van der Waals surface area contributed by atoms with E-state index in [9.17, 15) is 13.2 Å². The van der Waals surface area contributed by atoms with Crippen molar-refractivity contribution < 1.29 is 13.2 Å². The van der Waals surface area contributed by atoms with Crippen molar-refractivity contribution in [2.75, 3.05) is 17.4 Å². The van der Waals surface area contributed by atoms with Gasteiger partial charge < -0.3 is 10.7 Å². The fourth-order valence-corrected chi connectivity index (χ4v) is 2.43. The van der Waals surface area contributed by atoms with Crippen LogP contribution in [0.2, 0.25) is 0 Å². The molecule has 1 atom stereocenters. The Morgan fingerprint density at radius 1 is 1.50 bits per heavy atom.